The van der Waals surface area contributed by atoms with E-state index in [-0.39, 0.29) is 30.4 Å². The normalized spacial score (nSPS) is 39.8. The van der Waals surface area contributed by atoms with E-state index in [0.29, 0.717) is 30.3 Å². The van der Waals surface area contributed by atoms with E-state index in [1.54, 1.807) is 37.5 Å². The molecule has 10 atom stereocenters. The Kier molecular flexibility index (Phi) is 7.57. The Morgan fingerprint density at radius 3 is 2.67 bits per heavy atom. The van der Waals surface area contributed by atoms with Gasteiger partial charge in [0.15, 0.2) is 18.1 Å². The molecule has 5 rings (SSSR count). The van der Waals surface area contributed by atoms with E-state index in [9.17, 15) is 24.5 Å². The van der Waals surface area contributed by atoms with Gasteiger partial charge >= 0.3 is 13.0 Å². The quantitative estimate of drug-likeness (QED) is 0.285. The van der Waals surface area contributed by atoms with E-state index in [0.717, 1.165) is 0 Å². The molecule has 0 aromatic heterocycles. The van der Waals surface area contributed by atoms with Crippen LogP contribution in [0.4, 0.5) is 4.39 Å². The van der Waals surface area contributed by atoms with Crippen molar-refractivity contribution in [2.45, 2.75) is 71.8 Å². The Labute approximate surface area is 246 Å². The van der Waals surface area contributed by atoms with Gasteiger partial charge in [0, 0.05) is 30.2 Å². The largest absolute Gasteiger partial charge is 0.478 e. The Bertz CT molecular complexity index is 1330. The predicted octanol–water partition coefficient (Wildman–Crippen LogP) is 3.23. The summed E-state index contributed by atoms with van der Waals surface area (Å²) in [5, 5.41) is 25.5. The number of hydrogen-bond acceptors (Lipinski definition) is 8. The number of aliphatic carboxylic acids is 1. The zero-order valence-electron chi connectivity index (χ0n) is 24.8. The summed E-state index contributed by atoms with van der Waals surface area (Å²) in [6, 6.07) is 4.93. The molecule has 42 heavy (non-hydrogen) atoms. The number of ether oxygens (including phenoxy) is 2. The van der Waals surface area contributed by atoms with E-state index in [4.69, 9.17) is 9.47 Å². The van der Waals surface area contributed by atoms with Crippen molar-refractivity contribution in [1.82, 2.24) is 4.92 Å². The molecule has 0 spiro atoms. The molecule has 1 aromatic carbocycles. The van der Waals surface area contributed by atoms with Gasteiger partial charge in [-0.15, -0.1) is 6.58 Å². The first-order valence-corrected chi connectivity index (χ1v) is 14.6. The lowest BCUT2D eigenvalue weighted by molar-refractivity contribution is -0.199. The van der Waals surface area contributed by atoms with Crippen LogP contribution in [0.1, 0.15) is 58.9 Å². The fraction of sp³-hybridized carbons (Fsp3) is 0.613. The van der Waals surface area contributed by atoms with Crippen molar-refractivity contribution >= 4 is 37.0 Å². The van der Waals surface area contributed by atoms with Gasteiger partial charge in [-0.2, -0.15) is 5.10 Å². The molecule has 3 saturated carbocycles. The fourth-order valence-corrected chi connectivity index (χ4v) is 9.01. The lowest BCUT2D eigenvalue weighted by atomic mass is 9.41. The van der Waals surface area contributed by atoms with E-state index in [2.05, 4.69) is 11.7 Å². The summed E-state index contributed by atoms with van der Waals surface area (Å²) in [5.74, 6) is -3.56. The van der Waals surface area contributed by atoms with Gasteiger partial charge in [-0.3, -0.25) is 9.59 Å². The van der Waals surface area contributed by atoms with Crippen LogP contribution in [0.5, 0.6) is 5.75 Å². The number of carbonyl (C=O) groups is 3. The van der Waals surface area contributed by atoms with Gasteiger partial charge in [0.1, 0.15) is 11.9 Å². The number of hydrogen-bond donors (Lipinski definition) is 2. The van der Waals surface area contributed by atoms with Gasteiger partial charge in [0.05, 0.1) is 6.21 Å². The third kappa shape index (κ3) is 4.29. The molecule has 1 aliphatic heterocycles. The average molecular weight is 582 g/mol. The van der Waals surface area contributed by atoms with Crippen LogP contribution in [0.2, 0.25) is 0 Å². The number of carboxylic acids is 1. The molecule has 0 saturated heterocycles. The van der Waals surface area contributed by atoms with Crippen LogP contribution in [-0.2, 0) is 19.1 Å². The number of rotatable bonds is 7. The highest BCUT2D eigenvalue weighted by Crippen LogP contribution is 2.70. The first-order chi connectivity index (χ1) is 19.7. The lowest BCUT2D eigenvalue weighted by Gasteiger charge is -2.63. The number of carbonyl (C=O) groups excluding carboxylic acids is 2. The van der Waals surface area contributed by atoms with Crippen molar-refractivity contribution in [1.29, 1.82) is 0 Å². The highest BCUT2D eigenvalue weighted by molar-refractivity contribution is 6.65. The highest BCUT2D eigenvalue weighted by atomic mass is 19.1. The average Bonchev–Trinajstić information content (AvgIpc) is 3.23. The molecule has 226 valence electrons. The molecule has 9 nitrogen and oxygen atoms in total. The molecule has 0 amide bonds. The number of nitrogens with zero attached hydrogens (tertiary/aromatic N) is 2. The number of Topliss-reactive ketones (excluding diaryl/α,β-unsaturated/α-hetero) is 1. The molecule has 1 aromatic rings. The van der Waals surface area contributed by atoms with Crippen LogP contribution in [0, 0.1) is 39.9 Å². The lowest BCUT2D eigenvalue weighted by Crippen LogP contribution is -2.64. The zero-order chi connectivity index (χ0) is 30.8. The highest BCUT2D eigenvalue weighted by Gasteiger charge is 2.71. The molecule has 3 fully saturated rings. The van der Waals surface area contributed by atoms with Gasteiger partial charge < -0.3 is 24.5 Å². The topological polar surface area (TPSA) is 126 Å². The van der Waals surface area contributed by atoms with Gasteiger partial charge in [0.2, 0.25) is 0 Å². The maximum Gasteiger partial charge on any atom is 0.466 e. The predicted molar refractivity (Wildman–Crippen MR) is 155 cm³/mol. The monoisotopic (exact) mass is 582 g/mol. The van der Waals surface area contributed by atoms with Crippen molar-refractivity contribution in [2.24, 2.45) is 45.0 Å². The summed E-state index contributed by atoms with van der Waals surface area (Å²) in [7, 11) is 0.578. The van der Waals surface area contributed by atoms with Crippen LogP contribution in [0.3, 0.4) is 0 Å². The number of halogens is 1. The smallest absolute Gasteiger partial charge is 0.466 e. The van der Waals surface area contributed by atoms with Gasteiger partial charge in [0.25, 0.3) is 6.47 Å². The van der Waals surface area contributed by atoms with Crippen molar-refractivity contribution in [3.05, 3.63) is 36.4 Å². The summed E-state index contributed by atoms with van der Waals surface area (Å²) in [6.45, 7) is 12.2. The van der Waals surface area contributed by atoms with Crippen LogP contribution >= 0.6 is 0 Å². The maximum atomic E-state index is 15.6. The van der Waals surface area contributed by atoms with Gasteiger partial charge in [-0.05, 0) is 65.6 Å². The molecule has 1 heterocycles. The van der Waals surface area contributed by atoms with Crippen molar-refractivity contribution in [3.8, 4) is 5.75 Å². The minimum absolute atomic E-state index is 0.00894. The minimum atomic E-state index is -1.68. The van der Waals surface area contributed by atoms with E-state index < -0.39 is 65.3 Å². The van der Waals surface area contributed by atoms with Crippen LogP contribution in [0.15, 0.2) is 36.0 Å². The molecule has 11 heteroatoms. The van der Waals surface area contributed by atoms with Crippen molar-refractivity contribution in [3.63, 3.8) is 0 Å². The van der Waals surface area contributed by atoms with E-state index in [1.165, 1.54) is 4.92 Å². The Hall–Kier alpha value is -3.21. The first-order valence-electron chi connectivity index (χ1n) is 14.6. The SMILES string of the molecule is C=C[C@]1(C)C[C@@H](C(Oc2ccc3c(c2)B(O)N(C)N=C3)C(=O)O)[C@@]2(C)[C@H](C)CC[C@]3(C[C@H](F)C(=O)[C@H]32)[C@@H](C)[C@@H]1OC=O. The van der Waals surface area contributed by atoms with Crippen molar-refractivity contribution < 1.29 is 38.4 Å². The fourth-order valence-electron chi connectivity index (χ4n) is 9.01. The Balaban J connectivity index is 1.68. The summed E-state index contributed by atoms with van der Waals surface area (Å²) in [5.41, 5.74) is -1.49. The molecular formula is C31H40BFN2O7. The molecule has 4 aliphatic rings. The Morgan fingerprint density at radius 2 is 2.02 bits per heavy atom. The first kappa shape index (κ1) is 30.3. The Morgan fingerprint density at radius 1 is 1.31 bits per heavy atom. The number of carboxylic acid groups (broad SMARTS) is 1. The molecule has 0 radical (unpaired) electrons. The number of benzene rings is 1. The third-order valence-corrected chi connectivity index (χ3v) is 11.5. The third-order valence-electron chi connectivity index (χ3n) is 11.5. The maximum absolute atomic E-state index is 15.6. The van der Waals surface area contributed by atoms with E-state index >= 15 is 4.39 Å². The minimum Gasteiger partial charge on any atom is -0.478 e. The summed E-state index contributed by atoms with van der Waals surface area (Å²) in [4.78, 5) is 40.1. The van der Waals surface area contributed by atoms with Crippen LogP contribution in [-0.4, -0.2) is 72.0 Å². The van der Waals surface area contributed by atoms with Crippen molar-refractivity contribution in [2.75, 3.05) is 7.05 Å². The summed E-state index contributed by atoms with van der Waals surface area (Å²) in [6.07, 6.45) is 0.836. The van der Waals surface area contributed by atoms with E-state index in [1.807, 2.05) is 27.7 Å². The standard InChI is InChI=1S/C31H40BFN2O7/c1-7-29(4)13-21(25(28(38)39)42-20-9-8-19-15-34-35(6)32(40)22(19)12-20)30(5)17(2)10-11-31(18(3)27(29)41-16-36)14-23(33)24(37)26(30)31/h7-9,12,15-18,21,23,25-27,40H,1,10-11,13-14H2,2-6H3,(H,38,39)/t17-,18+,21+,23+,25?,26+,27+,29-,30-,31+/m1/s1. The van der Waals surface area contributed by atoms with Gasteiger partial charge in [-0.1, -0.05) is 39.8 Å². The molecule has 3 aliphatic carbocycles. The second-order valence-corrected chi connectivity index (χ2v) is 13.4. The molecule has 2 bridgehead atoms. The number of fused-ring (bicyclic) bond motifs is 1. The number of hydrazone groups is 1. The molecular weight excluding hydrogens is 542 g/mol. The summed E-state index contributed by atoms with van der Waals surface area (Å²) >= 11 is 0. The van der Waals surface area contributed by atoms with Crippen LogP contribution < -0.4 is 10.2 Å². The van der Waals surface area contributed by atoms with Crippen LogP contribution in [0.25, 0.3) is 0 Å². The second-order valence-electron chi connectivity index (χ2n) is 13.4. The second kappa shape index (κ2) is 10.5. The van der Waals surface area contributed by atoms with Gasteiger partial charge in [-0.25, -0.2) is 9.18 Å². The zero-order valence-corrected chi connectivity index (χ0v) is 24.8. The summed E-state index contributed by atoms with van der Waals surface area (Å²) < 4.78 is 27.6. The molecule has 2 N–H and O–H groups in total. The molecule has 1 unspecified atom stereocenters. The number of ketones is 1. The number of alkyl halides is 1.